The van der Waals surface area contributed by atoms with Crippen molar-refractivity contribution in [3.05, 3.63) is 6.20 Å². The molecule has 0 aliphatic carbocycles. The van der Waals surface area contributed by atoms with Crippen LogP contribution in [0.3, 0.4) is 0 Å². The molecule has 0 saturated heterocycles. The van der Waals surface area contributed by atoms with Gasteiger partial charge in [0.2, 0.25) is 0 Å². The van der Waals surface area contributed by atoms with Gasteiger partial charge < -0.3 is 16.9 Å². The topological polar surface area (TPSA) is 81.9 Å². The van der Waals surface area contributed by atoms with Crippen molar-refractivity contribution in [3.63, 3.8) is 0 Å². The molecule has 1 aromatic heterocycles. The monoisotopic (exact) mass is 127 g/mol. The fourth-order valence-electron chi connectivity index (χ4n) is 0.515. The molecule has 9 heavy (non-hydrogen) atoms. The average Bonchev–Trinajstić information content (AvgIpc) is 2.13. The van der Waals surface area contributed by atoms with E-state index in [2.05, 4.69) is 10.5 Å². The number of aromatic nitrogens is 2. The highest BCUT2D eigenvalue weighted by Crippen LogP contribution is 2.07. The maximum atomic E-state index is 5.37. The lowest BCUT2D eigenvalue weighted by Gasteiger charge is -1.93. The van der Waals surface area contributed by atoms with Gasteiger partial charge >= 0.3 is 0 Å². The van der Waals surface area contributed by atoms with E-state index in [1.54, 1.807) is 13.2 Å². The molecule has 0 unspecified atom stereocenters. The Bertz CT molecular complexity index is 183. The summed E-state index contributed by atoms with van der Waals surface area (Å²) in [6.07, 6.45) is 1.61. The molecule has 0 amide bonds. The Morgan fingerprint density at radius 2 is 2.33 bits per heavy atom. The standard InChI is InChI=1S/C4H9N5/c1-7-9-2-3(5)4(6)8-9/h2,7H,5H2,1H3,(H2,6,8). The molecule has 1 aromatic rings. The van der Waals surface area contributed by atoms with Crippen molar-refractivity contribution >= 4 is 11.5 Å². The molecular weight excluding hydrogens is 118 g/mol. The van der Waals surface area contributed by atoms with E-state index >= 15 is 0 Å². The van der Waals surface area contributed by atoms with Crippen LogP contribution < -0.4 is 16.9 Å². The zero-order valence-corrected chi connectivity index (χ0v) is 5.13. The highest BCUT2D eigenvalue weighted by molar-refractivity contribution is 5.56. The third kappa shape index (κ3) is 0.883. The van der Waals surface area contributed by atoms with Crippen LogP contribution in [0, 0.1) is 0 Å². The summed E-state index contributed by atoms with van der Waals surface area (Å²) in [5.74, 6) is 0.351. The van der Waals surface area contributed by atoms with E-state index in [0.29, 0.717) is 11.5 Å². The van der Waals surface area contributed by atoms with Crippen molar-refractivity contribution in [2.75, 3.05) is 23.9 Å². The molecule has 50 valence electrons. The van der Waals surface area contributed by atoms with E-state index in [1.807, 2.05) is 0 Å². The summed E-state index contributed by atoms with van der Waals surface area (Å²) in [5.41, 5.74) is 13.9. The summed E-state index contributed by atoms with van der Waals surface area (Å²) in [5, 5.41) is 3.79. The smallest absolute Gasteiger partial charge is 0.170 e. The minimum atomic E-state index is 0.351. The zero-order chi connectivity index (χ0) is 6.85. The van der Waals surface area contributed by atoms with E-state index < -0.39 is 0 Å². The van der Waals surface area contributed by atoms with E-state index in [-0.39, 0.29) is 0 Å². The molecule has 0 bridgehead atoms. The quantitative estimate of drug-likeness (QED) is 0.462. The van der Waals surface area contributed by atoms with Crippen LogP contribution in [-0.2, 0) is 0 Å². The van der Waals surface area contributed by atoms with Crippen molar-refractivity contribution in [2.24, 2.45) is 0 Å². The second-order valence-electron chi connectivity index (χ2n) is 1.64. The molecule has 1 heterocycles. The van der Waals surface area contributed by atoms with Gasteiger partial charge in [0.05, 0.1) is 11.9 Å². The predicted molar refractivity (Wildman–Crippen MR) is 36.3 cm³/mol. The molecular formula is C4H9N5. The number of hydrogen-bond acceptors (Lipinski definition) is 4. The molecule has 0 fully saturated rings. The molecule has 5 N–H and O–H groups in total. The number of anilines is 2. The molecule has 0 aliphatic heterocycles. The van der Waals surface area contributed by atoms with Gasteiger partial charge in [-0.1, -0.05) is 0 Å². The number of rotatable bonds is 1. The van der Waals surface area contributed by atoms with Crippen LogP contribution in [0.5, 0.6) is 0 Å². The first kappa shape index (κ1) is 5.74. The minimum Gasteiger partial charge on any atom is -0.394 e. The second kappa shape index (κ2) is 1.85. The van der Waals surface area contributed by atoms with Gasteiger partial charge in [-0.3, -0.25) is 0 Å². The predicted octanol–water partition coefficient (Wildman–Crippen LogP) is -0.779. The van der Waals surface area contributed by atoms with Gasteiger partial charge in [0.25, 0.3) is 0 Å². The van der Waals surface area contributed by atoms with Crippen molar-refractivity contribution in [1.29, 1.82) is 0 Å². The number of nitrogens with zero attached hydrogens (tertiary/aromatic N) is 2. The fourth-order valence-corrected chi connectivity index (χ4v) is 0.515. The molecule has 1 rings (SSSR count). The van der Waals surface area contributed by atoms with Gasteiger partial charge in [0, 0.05) is 7.05 Å². The van der Waals surface area contributed by atoms with Gasteiger partial charge in [0.1, 0.15) is 0 Å². The molecule has 0 atom stereocenters. The Morgan fingerprint density at radius 3 is 2.56 bits per heavy atom. The highest BCUT2D eigenvalue weighted by atomic mass is 15.5. The summed E-state index contributed by atoms with van der Waals surface area (Å²) >= 11 is 0. The molecule has 0 saturated carbocycles. The first-order valence-electron chi connectivity index (χ1n) is 2.52. The van der Waals surface area contributed by atoms with Crippen LogP contribution in [0.15, 0.2) is 6.20 Å². The van der Waals surface area contributed by atoms with Crippen molar-refractivity contribution < 1.29 is 0 Å². The van der Waals surface area contributed by atoms with Crippen molar-refractivity contribution in [2.45, 2.75) is 0 Å². The third-order valence-electron chi connectivity index (χ3n) is 1.00. The molecule has 0 radical (unpaired) electrons. The first-order chi connectivity index (χ1) is 4.24. The summed E-state index contributed by atoms with van der Waals surface area (Å²) in [4.78, 5) is 1.45. The first-order valence-corrected chi connectivity index (χ1v) is 2.52. The molecule has 0 aromatic carbocycles. The van der Waals surface area contributed by atoms with Crippen LogP contribution in [0.4, 0.5) is 11.5 Å². The maximum absolute atomic E-state index is 5.37. The van der Waals surface area contributed by atoms with E-state index in [1.165, 1.54) is 4.79 Å². The highest BCUT2D eigenvalue weighted by Gasteiger charge is 1.97. The van der Waals surface area contributed by atoms with Gasteiger partial charge in [-0.15, -0.1) is 5.10 Å². The lowest BCUT2D eigenvalue weighted by atomic mass is 10.6. The van der Waals surface area contributed by atoms with Crippen LogP contribution in [-0.4, -0.2) is 16.9 Å². The van der Waals surface area contributed by atoms with Gasteiger partial charge in [-0.2, -0.15) is 4.79 Å². The van der Waals surface area contributed by atoms with Crippen molar-refractivity contribution in [1.82, 2.24) is 9.89 Å². The zero-order valence-electron chi connectivity index (χ0n) is 5.13. The Kier molecular flexibility index (Phi) is 1.18. The lowest BCUT2D eigenvalue weighted by molar-refractivity contribution is 0.787. The van der Waals surface area contributed by atoms with Crippen molar-refractivity contribution in [3.8, 4) is 0 Å². The Morgan fingerprint density at radius 1 is 1.67 bits per heavy atom. The van der Waals surface area contributed by atoms with Crippen LogP contribution in [0.2, 0.25) is 0 Å². The van der Waals surface area contributed by atoms with E-state index in [0.717, 1.165) is 0 Å². The third-order valence-corrected chi connectivity index (χ3v) is 1.00. The summed E-state index contributed by atoms with van der Waals surface area (Å²) < 4.78 is 0. The maximum Gasteiger partial charge on any atom is 0.170 e. The Hall–Kier alpha value is -1.39. The fraction of sp³-hybridized carbons (Fsp3) is 0.250. The second-order valence-corrected chi connectivity index (χ2v) is 1.64. The number of hydrogen-bond donors (Lipinski definition) is 3. The van der Waals surface area contributed by atoms with Crippen LogP contribution >= 0.6 is 0 Å². The molecule has 5 nitrogen and oxygen atoms in total. The van der Waals surface area contributed by atoms with Gasteiger partial charge in [-0.05, 0) is 0 Å². The summed E-state index contributed by atoms with van der Waals surface area (Å²) in [6.45, 7) is 0. The molecule has 0 aliphatic rings. The number of nitrogens with one attached hydrogen (secondary N) is 1. The average molecular weight is 127 g/mol. The Labute approximate surface area is 52.6 Å². The molecule has 5 heteroatoms. The largest absolute Gasteiger partial charge is 0.394 e. The SMILES string of the molecule is CNn1cc(N)c(N)n1. The Balaban J connectivity index is 2.98. The van der Waals surface area contributed by atoms with Gasteiger partial charge in [0.15, 0.2) is 5.82 Å². The number of nitrogens with two attached hydrogens (primary N) is 2. The number of nitrogen functional groups attached to an aromatic ring is 2. The minimum absolute atomic E-state index is 0.351. The van der Waals surface area contributed by atoms with E-state index in [9.17, 15) is 0 Å². The molecule has 0 spiro atoms. The lowest BCUT2D eigenvalue weighted by Crippen LogP contribution is -2.08. The van der Waals surface area contributed by atoms with Gasteiger partial charge in [-0.25, -0.2) is 0 Å². The normalized spacial score (nSPS) is 9.44. The van der Waals surface area contributed by atoms with Crippen LogP contribution in [0.1, 0.15) is 0 Å². The summed E-state index contributed by atoms with van der Waals surface area (Å²) in [6, 6.07) is 0. The van der Waals surface area contributed by atoms with Crippen LogP contribution in [0.25, 0.3) is 0 Å². The summed E-state index contributed by atoms with van der Waals surface area (Å²) in [7, 11) is 1.73. The van der Waals surface area contributed by atoms with E-state index in [4.69, 9.17) is 11.5 Å².